The van der Waals surface area contributed by atoms with Gasteiger partial charge in [0.25, 0.3) is 0 Å². The highest BCUT2D eigenvalue weighted by atomic mass is 35.5. The number of rotatable bonds is 0. The fourth-order valence-corrected chi connectivity index (χ4v) is 3.08. The second-order valence-corrected chi connectivity index (χ2v) is 5.21. The zero-order valence-electron chi connectivity index (χ0n) is 9.63. The van der Waals surface area contributed by atoms with E-state index in [9.17, 15) is 5.11 Å². The Hall–Kier alpha value is -0.770. The van der Waals surface area contributed by atoms with E-state index in [1.165, 1.54) is 11.1 Å². The third kappa shape index (κ3) is 1.82. The van der Waals surface area contributed by atoms with Crippen LogP contribution in [0.3, 0.4) is 0 Å². The highest BCUT2D eigenvalue weighted by Crippen LogP contribution is 2.43. The van der Waals surface area contributed by atoms with Gasteiger partial charge in [0.15, 0.2) is 0 Å². The normalized spacial score (nSPS) is 22.4. The van der Waals surface area contributed by atoms with Crippen molar-refractivity contribution in [3.8, 4) is 5.75 Å². The topological polar surface area (TPSA) is 41.5 Å². The summed E-state index contributed by atoms with van der Waals surface area (Å²) in [6.45, 7) is 2.67. The molecule has 1 spiro atoms. The number of phenols is 1. The van der Waals surface area contributed by atoms with Gasteiger partial charge >= 0.3 is 0 Å². The highest BCUT2D eigenvalue weighted by Gasteiger charge is 2.39. The minimum atomic E-state index is -0.184. The number of ether oxygens (including phenoxy) is 1. The molecule has 17 heavy (non-hydrogen) atoms. The van der Waals surface area contributed by atoms with Crippen LogP contribution >= 0.6 is 11.6 Å². The molecule has 0 aliphatic carbocycles. The molecule has 92 valence electrons. The van der Waals surface area contributed by atoms with E-state index >= 15 is 0 Å². The standard InChI is InChI=1S/C13H16ClNO2/c14-11-8-10-9(7-12(11)16)1-6-17-13(10)2-4-15-5-3-13/h7-8,15-16H,1-6H2. The van der Waals surface area contributed by atoms with E-state index in [1.807, 2.05) is 6.07 Å². The summed E-state index contributed by atoms with van der Waals surface area (Å²) in [4.78, 5) is 0. The molecule has 2 aliphatic heterocycles. The minimum Gasteiger partial charge on any atom is -0.506 e. The second-order valence-electron chi connectivity index (χ2n) is 4.80. The molecule has 0 atom stereocenters. The molecule has 1 aromatic rings. The lowest BCUT2D eigenvalue weighted by atomic mass is 9.80. The first-order valence-electron chi connectivity index (χ1n) is 6.08. The SMILES string of the molecule is Oc1cc2c(cc1Cl)C1(CCNCC1)OCC2. The molecular weight excluding hydrogens is 238 g/mol. The van der Waals surface area contributed by atoms with Gasteiger partial charge in [-0.3, -0.25) is 0 Å². The van der Waals surface area contributed by atoms with Gasteiger partial charge in [0.05, 0.1) is 17.2 Å². The fraction of sp³-hybridized carbons (Fsp3) is 0.538. The maximum absolute atomic E-state index is 9.68. The average Bonchev–Trinajstić information content (AvgIpc) is 2.33. The van der Waals surface area contributed by atoms with Crippen LogP contribution in [0.4, 0.5) is 0 Å². The largest absolute Gasteiger partial charge is 0.506 e. The number of halogens is 1. The average molecular weight is 254 g/mol. The number of phenolic OH excluding ortho intramolecular Hbond substituents is 1. The van der Waals surface area contributed by atoms with Crippen molar-refractivity contribution >= 4 is 11.6 Å². The van der Waals surface area contributed by atoms with Gasteiger partial charge in [-0.15, -0.1) is 0 Å². The van der Waals surface area contributed by atoms with Crippen molar-refractivity contribution < 1.29 is 9.84 Å². The third-order valence-corrected chi connectivity index (χ3v) is 4.13. The Kier molecular flexibility index (Phi) is 2.77. The van der Waals surface area contributed by atoms with Crippen LogP contribution in [0.5, 0.6) is 5.75 Å². The lowest BCUT2D eigenvalue weighted by molar-refractivity contribution is -0.0802. The summed E-state index contributed by atoms with van der Waals surface area (Å²) in [6.07, 6.45) is 2.80. The Morgan fingerprint density at radius 2 is 2.06 bits per heavy atom. The predicted molar refractivity (Wildman–Crippen MR) is 66.6 cm³/mol. The van der Waals surface area contributed by atoms with E-state index in [-0.39, 0.29) is 11.4 Å². The summed E-state index contributed by atoms with van der Waals surface area (Å²) in [7, 11) is 0. The van der Waals surface area contributed by atoms with Crippen molar-refractivity contribution in [1.82, 2.24) is 5.32 Å². The molecule has 0 radical (unpaired) electrons. The Morgan fingerprint density at radius 3 is 2.82 bits per heavy atom. The number of benzene rings is 1. The van der Waals surface area contributed by atoms with E-state index in [0.717, 1.165) is 39.0 Å². The van der Waals surface area contributed by atoms with Crippen molar-refractivity contribution in [2.75, 3.05) is 19.7 Å². The van der Waals surface area contributed by atoms with Crippen LogP contribution in [0.15, 0.2) is 12.1 Å². The van der Waals surface area contributed by atoms with Crippen molar-refractivity contribution in [3.63, 3.8) is 0 Å². The van der Waals surface area contributed by atoms with Crippen molar-refractivity contribution in [2.45, 2.75) is 24.9 Å². The Bertz CT molecular complexity index is 441. The third-order valence-electron chi connectivity index (χ3n) is 3.82. The van der Waals surface area contributed by atoms with Crippen LogP contribution in [0.2, 0.25) is 5.02 Å². The number of fused-ring (bicyclic) bond motifs is 2. The van der Waals surface area contributed by atoms with Crippen LogP contribution in [0, 0.1) is 0 Å². The van der Waals surface area contributed by atoms with E-state index < -0.39 is 0 Å². The first kappa shape index (κ1) is 11.3. The van der Waals surface area contributed by atoms with Gasteiger partial charge in [0.1, 0.15) is 5.75 Å². The molecule has 0 aromatic heterocycles. The molecule has 1 saturated heterocycles. The molecule has 0 bridgehead atoms. The van der Waals surface area contributed by atoms with Crippen LogP contribution in [-0.4, -0.2) is 24.8 Å². The molecule has 0 saturated carbocycles. The maximum Gasteiger partial charge on any atom is 0.134 e. The molecular formula is C13H16ClNO2. The summed E-state index contributed by atoms with van der Waals surface area (Å²) >= 11 is 6.03. The highest BCUT2D eigenvalue weighted by molar-refractivity contribution is 6.32. The zero-order valence-corrected chi connectivity index (χ0v) is 10.4. The summed E-state index contributed by atoms with van der Waals surface area (Å²) in [5.74, 6) is 0.177. The van der Waals surface area contributed by atoms with E-state index in [1.54, 1.807) is 6.07 Å². The first-order valence-corrected chi connectivity index (χ1v) is 6.46. The van der Waals surface area contributed by atoms with E-state index in [2.05, 4.69) is 5.32 Å². The second kappa shape index (κ2) is 4.16. The van der Waals surface area contributed by atoms with Gasteiger partial charge in [-0.2, -0.15) is 0 Å². The molecule has 2 aliphatic rings. The number of hydrogen-bond donors (Lipinski definition) is 2. The molecule has 2 N–H and O–H groups in total. The van der Waals surface area contributed by atoms with Crippen LogP contribution in [0.25, 0.3) is 0 Å². The molecule has 1 fully saturated rings. The molecule has 3 rings (SSSR count). The monoisotopic (exact) mass is 253 g/mol. The first-order chi connectivity index (χ1) is 8.21. The molecule has 0 unspecified atom stereocenters. The number of nitrogens with one attached hydrogen (secondary N) is 1. The van der Waals surface area contributed by atoms with Crippen molar-refractivity contribution in [3.05, 3.63) is 28.3 Å². The van der Waals surface area contributed by atoms with E-state index in [4.69, 9.17) is 16.3 Å². The Balaban J connectivity index is 2.09. The summed E-state index contributed by atoms with van der Waals surface area (Å²) < 4.78 is 6.05. The van der Waals surface area contributed by atoms with Gasteiger partial charge < -0.3 is 15.2 Å². The molecule has 3 nitrogen and oxygen atoms in total. The number of piperidine rings is 1. The van der Waals surface area contributed by atoms with E-state index in [0.29, 0.717) is 5.02 Å². The molecule has 2 heterocycles. The van der Waals surface area contributed by atoms with Gasteiger partial charge in [-0.05, 0) is 55.6 Å². The molecule has 1 aromatic carbocycles. The van der Waals surface area contributed by atoms with Crippen molar-refractivity contribution in [2.24, 2.45) is 0 Å². The summed E-state index contributed by atoms with van der Waals surface area (Å²) in [5.41, 5.74) is 2.17. The van der Waals surface area contributed by atoms with Gasteiger partial charge in [0.2, 0.25) is 0 Å². The quantitative estimate of drug-likeness (QED) is 0.745. The number of hydrogen-bond acceptors (Lipinski definition) is 3. The lowest BCUT2D eigenvalue weighted by Crippen LogP contribution is -2.44. The van der Waals surface area contributed by atoms with Gasteiger partial charge in [0, 0.05) is 0 Å². The zero-order chi connectivity index (χ0) is 11.9. The Labute approximate surface area is 106 Å². The van der Waals surface area contributed by atoms with Crippen LogP contribution in [0.1, 0.15) is 24.0 Å². The maximum atomic E-state index is 9.68. The smallest absolute Gasteiger partial charge is 0.134 e. The predicted octanol–water partition coefficient (Wildman–Crippen LogP) is 2.20. The number of aromatic hydroxyl groups is 1. The van der Waals surface area contributed by atoms with Crippen LogP contribution in [-0.2, 0) is 16.8 Å². The minimum absolute atomic E-state index is 0.177. The van der Waals surface area contributed by atoms with Gasteiger partial charge in [-0.1, -0.05) is 11.6 Å². The summed E-state index contributed by atoms with van der Waals surface area (Å²) in [5, 5.41) is 13.5. The molecule has 4 heteroatoms. The van der Waals surface area contributed by atoms with Crippen molar-refractivity contribution in [1.29, 1.82) is 0 Å². The summed E-state index contributed by atoms with van der Waals surface area (Å²) in [6, 6.07) is 3.68. The Morgan fingerprint density at radius 1 is 1.29 bits per heavy atom. The lowest BCUT2D eigenvalue weighted by Gasteiger charge is -2.42. The van der Waals surface area contributed by atoms with Gasteiger partial charge in [-0.25, -0.2) is 0 Å². The van der Waals surface area contributed by atoms with Crippen LogP contribution < -0.4 is 5.32 Å². The molecule has 0 amide bonds. The fourth-order valence-electron chi connectivity index (χ4n) is 2.91.